The van der Waals surface area contributed by atoms with Crippen LogP contribution in [0.3, 0.4) is 0 Å². The first-order valence-corrected chi connectivity index (χ1v) is 8.53. The molecule has 24 heavy (non-hydrogen) atoms. The zero-order valence-electron chi connectivity index (χ0n) is 14.5. The van der Waals surface area contributed by atoms with Crippen LogP contribution < -0.4 is 16.3 Å². The molecular weight excluding hydrogens is 304 g/mol. The summed E-state index contributed by atoms with van der Waals surface area (Å²) in [5.41, 5.74) is 7.88. The molecule has 1 saturated heterocycles. The van der Waals surface area contributed by atoms with Crippen LogP contribution in [0.2, 0.25) is 0 Å². The molecule has 0 radical (unpaired) electrons. The largest absolute Gasteiger partial charge is 0.368 e. The van der Waals surface area contributed by atoms with Crippen molar-refractivity contribution in [2.45, 2.75) is 38.3 Å². The Kier molecular flexibility index (Phi) is 4.99. The van der Waals surface area contributed by atoms with E-state index in [2.05, 4.69) is 21.0 Å². The van der Waals surface area contributed by atoms with Crippen molar-refractivity contribution in [3.05, 3.63) is 33.8 Å². The van der Waals surface area contributed by atoms with E-state index in [0.717, 1.165) is 31.6 Å². The van der Waals surface area contributed by atoms with Crippen LogP contribution in [0.5, 0.6) is 0 Å². The lowest BCUT2D eigenvalue weighted by molar-refractivity contribution is 0.242. The average Bonchev–Trinajstić information content (AvgIpc) is 2.94. The van der Waals surface area contributed by atoms with Gasteiger partial charge in [-0.1, -0.05) is 6.08 Å². The van der Waals surface area contributed by atoms with Crippen LogP contribution >= 0.6 is 0 Å². The second-order valence-corrected chi connectivity index (χ2v) is 6.68. The van der Waals surface area contributed by atoms with Crippen LogP contribution in [-0.2, 0) is 6.54 Å². The maximum atomic E-state index is 12.2. The summed E-state index contributed by atoms with van der Waals surface area (Å²) in [5.74, 6) is 0.236. The van der Waals surface area contributed by atoms with Gasteiger partial charge in [0.25, 0.3) is 5.56 Å². The first kappa shape index (κ1) is 16.7. The van der Waals surface area contributed by atoms with E-state index >= 15 is 0 Å². The average molecular weight is 330 g/mol. The number of nitrogens with two attached hydrogens (primary N) is 1. The zero-order valence-corrected chi connectivity index (χ0v) is 14.5. The number of anilines is 1. The number of aliphatic imine (C=N–C) groups is 1. The summed E-state index contributed by atoms with van der Waals surface area (Å²) in [4.78, 5) is 23.4. The van der Waals surface area contributed by atoms with Gasteiger partial charge in [-0.3, -0.25) is 14.7 Å². The highest BCUT2D eigenvalue weighted by atomic mass is 16.1. The molecule has 3 rings (SSSR count). The molecule has 3 heterocycles. The molecule has 0 saturated carbocycles. The molecule has 2 aliphatic rings. The second kappa shape index (κ2) is 7.17. The van der Waals surface area contributed by atoms with Crippen molar-refractivity contribution in [2.75, 3.05) is 37.9 Å². The topological polar surface area (TPSA) is 79.8 Å². The van der Waals surface area contributed by atoms with Gasteiger partial charge in [0.2, 0.25) is 5.95 Å². The van der Waals surface area contributed by atoms with Crippen molar-refractivity contribution in [1.29, 1.82) is 0 Å². The summed E-state index contributed by atoms with van der Waals surface area (Å²) in [5, 5.41) is 1.64. The molecule has 0 aromatic carbocycles. The molecule has 7 heteroatoms. The van der Waals surface area contributed by atoms with Crippen LogP contribution in [0.1, 0.15) is 31.4 Å². The maximum absolute atomic E-state index is 12.2. The third kappa shape index (κ3) is 3.67. The van der Waals surface area contributed by atoms with E-state index in [-0.39, 0.29) is 11.5 Å². The molecule has 7 nitrogen and oxygen atoms in total. The van der Waals surface area contributed by atoms with E-state index in [1.165, 1.54) is 23.1 Å². The van der Waals surface area contributed by atoms with Gasteiger partial charge in [0.15, 0.2) is 0 Å². The molecular formula is C17H26N6O. The van der Waals surface area contributed by atoms with Gasteiger partial charge in [0.05, 0.1) is 5.69 Å². The molecule has 2 N–H and O–H groups in total. The molecule has 0 aliphatic carbocycles. The Morgan fingerprint density at radius 1 is 1.42 bits per heavy atom. The third-order valence-electron chi connectivity index (χ3n) is 4.63. The van der Waals surface area contributed by atoms with E-state index in [1.807, 2.05) is 6.21 Å². The number of dihydropyridines is 1. The number of hydrogen-bond acceptors (Lipinski definition) is 6. The molecule has 1 aromatic heterocycles. The molecule has 130 valence electrons. The summed E-state index contributed by atoms with van der Waals surface area (Å²) in [6, 6.07) is 2.08. The monoisotopic (exact) mass is 330 g/mol. The molecule has 0 spiro atoms. The number of rotatable bonds is 5. The quantitative estimate of drug-likeness (QED) is 0.863. The highest BCUT2D eigenvalue weighted by molar-refractivity contribution is 5.79. The minimum Gasteiger partial charge on any atom is -0.368 e. The highest BCUT2D eigenvalue weighted by Gasteiger charge is 2.26. The van der Waals surface area contributed by atoms with Gasteiger partial charge in [-0.15, -0.1) is 0 Å². The van der Waals surface area contributed by atoms with E-state index in [9.17, 15) is 4.79 Å². The van der Waals surface area contributed by atoms with Crippen molar-refractivity contribution >= 4 is 12.2 Å². The molecule has 2 aliphatic heterocycles. The SMILES string of the molecule is CN(C)n1c(N)nc(CN2CCCC2CC2=CCCN=C2)cc1=O. The summed E-state index contributed by atoms with van der Waals surface area (Å²) in [7, 11) is 3.55. The first-order valence-electron chi connectivity index (χ1n) is 8.53. The molecule has 0 bridgehead atoms. The van der Waals surface area contributed by atoms with Crippen LogP contribution in [0, 0.1) is 0 Å². The smallest absolute Gasteiger partial charge is 0.273 e. The molecule has 1 fully saturated rings. The Hall–Kier alpha value is -2.15. The number of aromatic nitrogens is 2. The Bertz CT molecular complexity index is 706. The minimum atomic E-state index is -0.139. The van der Waals surface area contributed by atoms with Gasteiger partial charge in [0.1, 0.15) is 0 Å². The first-order chi connectivity index (χ1) is 11.5. The lowest BCUT2D eigenvalue weighted by Gasteiger charge is -2.25. The third-order valence-corrected chi connectivity index (χ3v) is 4.63. The summed E-state index contributed by atoms with van der Waals surface area (Å²) in [6.07, 6.45) is 8.72. The predicted octanol–water partition coefficient (Wildman–Crippen LogP) is 0.779. The fourth-order valence-electron chi connectivity index (χ4n) is 3.54. The van der Waals surface area contributed by atoms with Gasteiger partial charge in [-0.2, -0.15) is 4.68 Å². The van der Waals surface area contributed by atoms with Crippen LogP contribution in [0.4, 0.5) is 5.95 Å². The Morgan fingerprint density at radius 3 is 2.92 bits per heavy atom. The lowest BCUT2D eigenvalue weighted by Crippen LogP contribution is -2.39. The van der Waals surface area contributed by atoms with E-state index < -0.39 is 0 Å². The fourth-order valence-corrected chi connectivity index (χ4v) is 3.54. The number of hydrogen-bond donors (Lipinski definition) is 1. The van der Waals surface area contributed by atoms with Gasteiger partial charge in [-0.05, 0) is 37.8 Å². The van der Waals surface area contributed by atoms with Gasteiger partial charge >= 0.3 is 0 Å². The van der Waals surface area contributed by atoms with Crippen molar-refractivity contribution in [3.8, 4) is 0 Å². The van der Waals surface area contributed by atoms with E-state index in [1.54, 1.807) is 25.2 Å². The van der Waals surface area contributed by atoms with Crippen LogP contribution in [0.25, 0.3) is 0 Å². The Balaban J connectivity index is 1.71. The maximum Gasteiger partial charge on any atom is 0.273 e. The summed E-state index contributed by atoms with van der Waals surface area (Å²) in [6.45, 7) is 2.61. The van der Waals surface area contributed by atoms with Crippen LogP contribution in [0.15, 0.2) is 27.5 Å². The van der Waals surface area contributed by atoms with Crippen molar-refractivity contribution in [3.63, 3.8) is 0 Å². The van der Waals surface area contributed by atoms with Crippen molar-refractivity contribution < 1.29 is 0 Å². The van der Waals surface area contributed by atoms with Gasteiger partial charge in [0, 0.05) is 45.5 Å². The normalized spacial score (nSPS) is 21.1. The Morgan fingerprint density at radius 2 is 2.25 bits per heavy atom. The van der Waals surface area contributed by atoms with E-state index in [0.29, 0.717) is 12.6 Å². The molecule has 1 aromatic rings. The lowest BCUT2D eigenvalue weighted by atomic mass is 10.0. The molecule has 1 atom stereocenters. The molecule has 0 amide bonds. The standard InChI is InChI=1S/C17H26N6O/c1-21(2)23-16(24)10-14(20-17(23)18)12-22-8-4-6-15(22)9-13-5-3-7-19-11-13/h5,10-11,15H,3-4,6-9,12H2,1-2H3,(H2,18,20). The fraction of sp³-hybridized carbons (Fsp3) is 0.588. The summed E-state index contributed by atoms with van der Waals surface area (Å²) >= 11 is 0. The Labute approximate surface area is 142 Å². The number of nitrogen functional groups attached to an aromatic ring is 1. The van der Waals surface area contributed by atoms with E-state index in [4.69, 9.17) is 5.73 Å². The minimum absolute atomic E-state index is 0.139. The second-order valence-electron chi connectivity index (χ2n) is 6.68. The van der Waals surface area contributed by atoms with Gasteiger partial charge < -0.3 is 10.7 Å². The number of nitrogens with zero attached hydrogens (tertiary/aromatic N) is 5. The van der Waals surface area contributed by atoms with Gasteiger partial charge in [-0.25, -0.2) is 4.98 Å². The van der Waals surface area contributed by atoms with Crippen molar-refractivity contribution in [1.82, 2.24) is 14.6 Å². The summed E-state index contributed by atoms with van der Waals surface area (Å²) < 4.78 is 1.37. The zero-order chi connectivity index (χ0) is 17.1. The highest BCUT2D eigenvalue weighted by Crippen LogP contribution is 2.25. The molecule has 1 unspecified atom stereocenters. The predicted molar refractivity (Wildman–Crippen MR) is 97.1 cm³/mol. The van der Waals surface area contributed by atoms with Crippen LogP contribution in [-0.4, -0.2) is 54.0 Å². The van der Waals surface area contributed by atoms with Crippen molar-refractivity contribution in [2.24, 2.45) is 4.99 Å². The number of likely N-dealkylation sites (tertiary alicyclic amines) is 1.